The molecule has 7 nitrogen and oxygen atoms in total. The Morgan fingerprint density at radius 2 is 2.17 bits per heavy atom. The fourth-order valence-corrected chi connectivity index (χ4v) is 2.17. The van der Waals surface area contributed by atoms with Gasteiger partial charge in [0.15, 0.2) is 5.82 Å². The number of nitrogens with zero attached hydrogens (tertiary/aromatic N) is 4. The van der Waals surface area contributed by atoms with Crippen molar-refractivity contribution in [1.82, 2.24) is 19.7 Å². The van der Waals surface area contributed by atoms with Crippen LogP contribution in [0.2, 0.25) is 5.15 Å². The maximum absolute atomic E-state index is 12.4. The number of ether oxygens (including phenoxy) is 1. The van der Waals surface area contributed by atoms with Gasteiger partial charge >= 0.3 is 5.97 Å². The molecule has 0 saturated heterocycles. The van der Waals surface area contributed by atoms with Gasteiger partial charge in [-0.25, -0.2) is 9.78 Å². The predicted molar refractivity (Wildman–Crippen MR) is 81.8 cm³/mol. The minimum absolute atomic E-state index is 0.0131. The smallest absolute Gasteiger partial charge is 0.339 e. The Bertz CT molecular complexity index is 856. The topological polar surface area (TPSA) is 83.0 Å². The lowest BCUT2D eigenvalue weighted by Crippen LogP contribution is -2.09. The van der Waals surface area contributed by atoms with Crippen LogP contribution in [-0.4, -0.2) is 25.7 Å². The van der Waals surface area contributed by atoms with E-state index in [0.717, 1.165) is 0 Å². The van der Waals surface area contributed by atoms with Crippen molar-refractivity contribution >= 4 is 17.6 Å². The van der Waals surface area contributed by atoms with Crippen LogP contribution in [0.4, 0.5) is 0 Å². The average molecular weight is 333 g/mol. The van der Waals surface area contributed by atoms with Gasteiger partial charge in [0.2, 0.25) is 0 Å². The Hall–Kier alpha value is -2.67. The SMILES string of the molecule is Cc1noc(-c2ccccc2C(=O)OCc2ncc(Cl)n2C)n1. The highest BCUT2D eigenvalue weighted by Gasteiger charge is 2.18. The summed E-state index contributed by atoms with van der Waals surface area (Å²) in [6, 6.07) is 6.88. The van der Waals surface area contributed by atoms with Crippen molar-refractivity contribution in [3.05, 3.63) is 52.8 Å². The molecule has 8 heteroatoms. The van der Waals surface area contributed by atoms with Gasteiger partial charge in [0, 0.05) is 7.05 Å². The Balaban J connectivity index is 1.81. The van der Waals surface area contributed by atoms with E-state index < -0.39 is 5.97 Å². The average Bonchev–Trinajstić information content (AvgIpc) is 3.12. The standard InChI is InChI=1S/C15H13ClN4O3/c1-9-18-14(23-19-9)10-5-3-4-6-11(10)15(21)22-8-13-17-7-12(16)20(13)2/h3-7H,8H2,1-2H3. The second-order valence-corrected chi connectivity index (χ2v) is 5.21. The summed E-state index contributed by atoms with van der Waals surface area (Å²) < 4.78 is 12.1. The van der Waals surface area contributed by atoms with Crippen molar-refractivity contribution in [2.24, 2.45) is 7.05 Å². The van der Waals surface area contributed by atoms with Gasteiger partial charge in [0.25, 0.3) is 5.89 Å². The minimum Gasteiger partial charge on any atom is -0.454 e. The first kappa shape index (κ1) is 15.2. The van der Waals surface area contributed by atoms with Crippen LogP contribution in [0.3, 0.4) is 0 Å². The number of hydrogen-bond acceptors (Lipinski definition) is 6. The maximum Gasteiger partial charge on any atom is 0.339 e. The van der Waals surface area contributed by atoms with Crippen LogP contribution in [0.15, 0.2) is 35.0 Å². The molecule has 1 aromatic carbocycles. The zero-order chi connectivity index (χ0) is 16.4. The summed E-state index contributed by atoms with van der Waals surface area (Å²) in [5.74, 6) is 0.811. The first-order valence-electron chi connectivity index (χ1n) is 6.79. The fraction of sp³-hybridized carbons (Fsp3) is 0.200. The number of aryl methyl sites for hydroxylation is 1. The minimum atomic E-state index is -0.504. The number of halogens is 1. The van der Waals surface area contributed by atoms with E-state index in [4.69, 9.17) is 20.9 Å². The molecule has 3 rings (SSSR count). The summed E-state index contributed by atoms with van der Waals surface area (Å²) in [5, 5.41) is 4.21. The summed E-state index contributed by atoms with van der Waals surface area (Å²) >= 11 is 5.90. The second-order valence-electron chi connectivity index (χ2n) is 4.82. The molecule has 0 radical (unpaired) electrons. The molecule has 118 valence electrons. The van der Waals surface area contributed by atoms with Crippen LogP contribution in [0.1, 0.15) is 22.0 Å². The Labute approximate surface area is 136 Å². The third-order valence-corrected chi connectivity index (χ3v) is 3.62. The summed E-state index contributed by atoms with van der Waals surface area (Å²) in [6.07, 6.45) is 1.50. The molecule has 0 bridgehead atoms. The first-order chi connectivity index (χ1) is 11.1. The molecule has 2 aromatic heterocycles. The molecule has 0 aliphatic carbocycles. The van der Waals surface area contributed by atoms with Gasteiger partial charge in [-0.2, -0.15) is 4.98 Å². The van der Waals surface area contributed by atoms with Crippen molar-refractivity contribution in [2.45, 2.75) is 13.5 Å². The molecule has 0 unspecified atom stereocenters. The van der Waals surface area contributed by atoms with E-state index >= 15 is 0 Å². The molecule has 0 aliphatic heterocycles. The van der Waals surface area contributed by atoms with Crippen LogP contribution < -0.4 is 0 Å². The number of aromatic nitrogens is 4. The van der Waals surface area contributed by atoms with Gasteiger partial charge in [0.05, 0.1) is 17.3 Å². The molecular formula is C15H13ClN4O3. The van der Waals surface area contributed by atoms with E-state index in [1.807, 2.05) is 0 Å². The highest BCUT2D eigenvalue weighted by Crippen LogP contribution is 2.23. The van der Waals surface area contributed by atoms with Gasteiger partial charge < -0.3 is 13.8 Å². The number of imidazole rings is 1. The van der Waals surface area contributed by atoms with Crippen LogP contribution in [-0.2, 0) is 18.4 Å². The number of carbonyl (C=O) groups is 1. The van der Waals surface area contributed by atoms with Gasteiger partial charge in [0.1, 0.15) is 17.6 Å². The van der Waals surface area contributed by atoms with Gasteiger partial charge in [-0.3, -0.25) is 0 Å². The van der Waals surface area contributed by atoms with Crippen LogP contribution in [0.25, 0.3) is 11.5 Å². The highest BCUT2D eigenvalue weighted by molar-refractivity contribution is 6.29. The van der Waals surface area contributed by atoms with E-state index in [9.17, 15) is 4.79 Å². The molecule has 0 fully saturated rings. The molecule has 0 aliphatic rings. The summed E-state index contributed by atoms with van der Waals surface area (Å²) in [7, 11) is 1.74. The normalized spacial score (nSPS) is 10.7. The lowest BCUT2D eigenvalue weighted by molar-refractivity contribution is 0.0460. The third kappa shape index (κ3) is 3.09. The molecule has 0 N–H and O–H groups in total. The highest BCUT2D eigenvalue weighted by atomic mass is 35.5. The van der Waals surface area contributed by atoms with Crippen molar-refractivity contribution in [3.8, 4) is 11.5 Å². The van der Waals surface area contributed by atoms with Crippen molar-refractivity contribution in [2.75, 3.05) is 0 Å². The zero-order valence-electron chi connectivity index (χ0n) is 12.5. The van der Waals surface area contributed by atoms with E-state index in [0.29, 0.717) is 27.9 Å². The van der Waals surface area contributed by atoms with Crippen LogP contribution in [0.5, 0.6) is 0 Å². The van der Waals surface area contributed by atoms with E-state index in [1.54, 1.807) is 42.8 Å². The summed E-state index contributed by atoms with van der Waals surface area (Å²) in [5.41, 5.74) is 0.868. The number of rotatable bonds is 4. The van der Waals surface area contributed by atoms with Crippen molar-refractivity contribution in [3.63, 3.8) is 0 Å². The maximum atomic E-state index is 12.4. The molecule has 23 heavy (non-hydrogen) atoms. The first-order valence-corrected chi connectivity index (χ1v) is 7.17. The fourth-order valence-electron chi connectivity index (χ4n) is 2.02. The Kier molecular flexibility index (Phi) is 4.12. The van der Waals surface area contributed by atoms with Gasteiger partial charge in [-0.1, -0.05) is 28.9 Å². The van der Waals surface area contributed by atoms with Crippen molar-refractivity contribution < 1.29 is 14.1 Å². The second kappa shape index (κ2) is 6.21. The molecule has 0 spiro atoms. The quantitative estimate of drug-likeness (QED) is 0.683. The lowest BCUT2D eigenvalue weighted by Gasteiger charge is -2.07. The Morgan fingerprint density at radius 1 is 1.39 bits per heavy atom. The number of hydrogen-bond donors (Lipinski definition) is 0. The zero-order valence-corrected chi connectivity index (χ0v) is 13.2. The van der Waals surface area contributed by atoms with Crippen LogP contribution >= 0.6 is 11.6 Å². The molecule has 0 atom stereocenters. The predicted octanol–water partition coefficient (Wildman–Crippen LogP) is 2.79. The Morgan fingerprint density at radius 3 is 2.83 bits per heavy atom. The van der Waals surface area contributed by atoms with Crippen LogP contribution in [0, 0.1) is 6.92 Å². The molecule has 2 heterocycles. The number of benzene rings is 1. The van der Waals surface area contributed by atoms with Gasteiger partial charge in [-0.15, -0.1) is 0 Å². The monoisotopic (exact) mass is 332 g/mol. The molecule has 3 aromatic rings. The van der Waals surface area contributed by atoms with Gasteiger partial charge in [-0.05, 0) is 19.1 Å². The molecule has 0 amide bonds. The van der Waals surface area contributed by atoms with E-state index in [-0.39, 0.29) is 12.5 Å². The third-order valence-electron chi connectivity index (χ3n) is 3.27. The van der Waals surface area contributed by atoms with E-state index in [2.05, 4.69) is 15.1 Å². The number of carbonyl (C=O) groups excluding carboxylic acids is 1. The molecular weight excluding hydrogens is 320 g/mol. The summed E-state index contributed by atoms with van der Waals surface area (Å²) in [4.78, 5) is 20.6. The van der Waals surface area contributed by atoms with E-state index in [1.165, 1.54) is 6.20 Å². The molecule has 0 saturated carbocycles. The number of esters is 1. The van der Waals surface area contributed by atoms with Crippen molar-refractivity contribution in [1.29, 1.82) is 0 Å². The summed E-state index contributed by atoms with van der Waals surface area (Å²) in [6.45, 7) is 1.72. The lowest BCUT2D eigenvalue weighted by atomic mass is 10.1. The largest absolute Gasteiger partial charge is 0.454 e.